The Morgan fingerprint density at radius 2 is 1.78 bits per heavy atom. The highest BCUT2D eigenvalue weighted by atomic mass is 35.5. The largest absolute Gasteiger partial charge is 0.394 e. The average molecular weight is 457 g/mol. The summed E-state index contributed by atoms with van der Waals surface area (Å²) in [7, 11) is 0. The zero-order valence-electron chi connectivity index (χ0n) is 13.8. The van der Waals surface area contributed by atoms with Crippen molar-refractivity contribution in [3.8, 4) is 5.69 Å². The average Bonchev–Trinajstić information content (AvgIpc) is 2.94. The number of aryl methyl sites for hydroxylation is 1. The van der Waals surface area contributed by atoms with E-state index in [2.05, 4.69) is 10.1 Å². The fraction of sp³-hybridized carbons (Fsp3) is 0.467. The van der Waals surface area contributed by atoms with E-state index in [0.29, 0.717) is 15.7 Å². The smallest absolute Gasteiger partial charge is 0.210 e. The lowest BCUT2D eigenvalue weighted by Gasteiger charge is -2.38. The van der Waals surface area contributed by atoms with Gasteiger partial charge in [0.05, 0.1) is 16.7 Å². The molecule has 1 saturated heterocycles. The van der Waals surface area contributed by atoms with Gasteiger partial charge in [0.25, 0.3) is 0 Å². The molecule has 0 unspecified atom stereocenters. The van der Waals surface area contributed by atoms with Gasteiger partial charge in [0, 0.05) is 5.02 Å². The molecule has 0 amide bonds. The molecule has 1 aliphatic heterocycles. The number of hydrogen-bond donors (Lipinski definition) is 4. The molecule has 0 saturated carbocycles. The van der Waals surface area contributed by atoms with Crippen molar-refractivity contribution in [1.82, 2.24) is 9.78 Å². The Balaban J connectivity index is 2.09. The summed E-state index contributed by atoms with van der Waals surface area (Å²) in [5, 5.41) is 45.1. The molecule has 0 radical (unpaired) electrons. The molecule has 1 aromatic heterocycles. The van der Waals surface area contributed by atoms with E-state index in [1.165, 1.54) is 28.2 Å². The van der Waals surface area contributed by atoms with Gasteiger partial charge in [0.1, 0.15) is 35.1 Å². The maximum absolute atomic E-state index is 10.2. The molecule has 8 nitrogen and oxygen atoms in total. The number of halogens is 3. The van der Waals surface area contributed by atoms with Gasteiger partial charge in [0.15, 0.2) is 6.23 Å². The van der Waals surface area contributed by atoms with Crippen LogP contribution in [0.15, 0.2) is 17.1 Å². The molecule has 1 aromatic carbocycles. The van der Waals surface area contributed by atoms with Crippen LogP contribution in [0.2, 0.25) is 15.1 Å². The minimum absolute atomic E-state index is 0.244. The number of nitrogens with zero attached hydrogens (tertiary/aromatic N) is 3. The molecule has 12 heteroatoms. The normalized spacial score (nSPS) is 29.3. The van der Waals surface area contributed by atoms with Gasteiger partial charge >= 0.3 is 0 Å². The van der Waals surface area contributed by atoms with Gasteiger partial charge in [0.2, 0.25) is 4.80 Å². The van der Waals surface area contributed by atoms with Gasteiger partial charge < -0.3 is 25.2 Å². The molecule has 1 aliphatic rings. The molecular formula is C15H16Cl3N3O5S. The Hall–Kier alpha value is -0.750. The fourth-order valence-corrected chi connectivity index (χ4v) is 4.38. The van der Waals surface area contributed by atoms with Gasteiger partial charge in [-0.1, -0.05) is 46.1 Å². The first-order chi connectivity index (χ1) is 12.7. The zero-order chi connectivity index (χ0) is 19.9. The van der Waals surface area contributed by atoms with Crippen molar-refractivity contribution in [2.75, 3.05) is 6.61 Å². The van der Waals surface area contributed by atoms with E-state index in [4.69, 9.17) is 39.5 Å². The Kier molecular flexibility index (Phi) is 6.46. The molecule has 2 aromatic rings. The summed E-state index contributed by atoms with van der Waals surface area (Å²) in [6.07, 6.45) is -6.81. The minimum Gasteiger partial charge on any atom is -0.394 e. The number of aliphatic hydroxyl groups is 4. The molecule has 2 heterocycles. The first-order valence-corrected chi connectivity index (χ1v) is 9.74. The molecule has 148 valence electrons. The second kappa shape index (κ2) is 8.32. The van der Waals surface area contributed by atoms with Crippen LogP contribution in [-0.2, 0) is 4.74 Å². The number of aliphatic hydroxyl groups excluding tert-OH is 4. The molecule has 0 aliphatic carbocycles. The second-order valence-electron chi connectivity index (χ2n) is 5.88. The third-order valence-electron chi connectivity index (χ3n) is 3.96. The Bertz CT molecular complexity index is 880. The van der Waals surface area contributed by atoms with Crippen LogP contribution in [0.5, 0.6) is 0 Å². The maximum Gasteiger partial charge on any atom is 0.210 e. The van der Waals surface area contributed by atoms with Gasteiger partial charge in [-0.15, -0.1) is 0 Å². The lowest BCUT2D eigenvalue weighted by Crippen LogP contribution is -2.58. The highest BCUT2D eigenvalue weighted by Gasteiger charge is 2.43. The van der Waals surface area contributed by atoms with E-state index in [1.54, 1.807) is 6.92 Å². The summed E-state index contributed by atoms with van der Waals surface area (Å²) >= 11 is 19.6. The number of benzene rings is 1. The third kappa shape index (κ3) is 4.16. The lowest BCUT2D eigenvalue weighted by atomic mass is 9.99. The van der Waals surface area contributed by atoms with Crippen molar-refractivity contribution in [3.63, 3.8) is 0 Å². The number of rotatable bonds is 3. The van der Waals surface area contributed by atoms with Crippen LogP contribution >= 0.6 is 46.1 Å². The van der Waals surface area contributed by atoms with Crippen LogP contribution in [0.4, 0.5) is 0 Å². The molecule has 4 N–H and O–H groups in total. The summed E-state index contributed by atoms with van der Waals surface area (Å²) in [6.45, 7) is 1.19. The van der Waals surface area contributed by atoms with E-state index >= 15 is 0 Å². The van der Waals surface area contributed by atoms with Gasteiger partial charge in [-0.2, -0.15) is 5.10 Å². The maximum atomic E-state index is 10.2. The third-order valence-corrected chi connectivity index (χ3v) is 5.59. The van der Waals surface area contributed by atoms with Gasteiger partial charge in [-0.05, 0) is 19.1 Å². The van der Waals surface area contributed by atoms with Crippen molar-refractivity contribution in [2.45, 2.75) is 37.6 Å². The molecule has 3 rings (SSSR count). The van der Waals surface area contributed by atoms with Gasteiger partial charge in [-0.3, -0.25) is 0 Å². The zero-order valence-corrected chi connectivity index (χ0v) is 16.9. The minimum atomic E-state index is -1.53. The molecule has 1 fully saturated rings. The molecule has 27 heavy (non-hydrogen) atoms. The summed E-state index contributed by atoms with van der Waals surface area (Å²) in [6, 6.07) is 3.01. The van der Waals surface area contributed by atoms with Crippen molar-refractivity contribution >= 4 is 46.1 Å². The van der Waals surface area contributed by atoms with Crippen molar-refractivity contribution in [3.05, 3.63) is 37.0 Å². The van der Waals surface area contributed by atoms with Crippen LogP contribution < -0.4 is 4.80 Å². The van der Waals surface area contributed by atoms with Crippen LogP contribution in [0.25, 0.3) is 5.69 Å². The van der Waals surface area contributed by atoms with Crippen LogP contribution in [0.3, 0.4) is 0 Å². The summed E-state index contributed by atoms with van der Waals surface area (Å²) < 4.78 is 6.79. The monoisotopic (exact) mass is 455 g/mol. The molecule has 0 bridgehead atoms. The number of hydrogen-bond acceptors (Lipinski definition) is 8. The lowest BCUT2D eigenvalue weighted by molar-refractivity contribution is -0.227. The molecular weight excluding hydrogens is 441 g/mol. The topological polar surface area (TPSA) is 120 Å². The van der Waals surface area contributed by atoms with Crippen LogP contribution in [0, 0.1) is 6.92 Å². The summed E-state index contributed by atoms with van der Waals surface area (Å²) in [5.74, 6) is 0. The second-order valence-corrected chi connectivity index (χ2v) is 8.29. The van der Waals surface area contributed by atoms with E-state index < -0.39 is 37.3 Å². The first kappa shape index (κ1) is 21.0. The number of aromatic nitrogens is 2. The standard InChI is InChI=1S/C15H16Cl3N3O5S/c1-5-20-21(10-7(17)2-6(16)3-8(10)18)15(27-5)19-14-13(25)12(24)11(23)9(4-22)26-14/h2-3,9,11-14,22-25H,4H2,1H3/b19-15+/t9-,11-,12+,13-,14-/m1/s1. The van der Waals surface area contributed by atoms with E-state index in [1.807, 2.05) is 0 Å². The van der Waals surface area contributed by atoms with E-state index in [-0.39, 0.29) is 14.8 Å². The van der Waals surface area contributed by atoms with Crippen molar-refractivity contribution in [2.24, 2.45) is 4.99 Å². The van der Waals surface area contributed by atoms with E-state index in [0.717, 1.165) is 0 Å². The highest BCUT2D eigenvalue weighted by molar-refractivity contribution is 7.08. The number of ether oxygens (including phenoxy) is 1. The van der Waals surface area contributed by atoms with Crippen LogP contribution in [-0.4, -0.2) is 67.5 Å². The van der Waals surface area contributed by atoms with Crippen molar-refractivity contribution < 1.29 is 25.2 Å². The molecule has 5 atom stereocenters. The predicted octanol–water partition coefficient (Wildman–Crippen LogP) is 0.903. The Morgan fingerprint density at radius 3 is 2.37 bits per heavy atom. The Morgan fingerprint density at radius 1 is 1.15 bits per heavy atom. The SMILES string of the molecule is Cc1nn(-c2c(Cl)cc(Cl)cc2Cl)/c(=N\[C@@H]2O[C@H](CO)[C@@H](O)[C@H](O)[C@H]2O)s1. The van der Waals surface area contributed by atoms with E-state index in [9.17, 15) is 20.4 Å². The highest BCUT2D eigenvalue weighted by Crippen LogP contribution is 2.31. The quantitative estimate of drug-likeness (QED) is 0.545. The van der Waals surface area contributed by atoms with Gasteiger partial charge in [-0.25, -0.2) is 9.67 Å². The molecule has 0 spiro atoms. The first-order valence-electron chi connectivity index (χ1n) is 7.79. The van der Waals surface area contributed by atoms with Crippen molar-refractivity contribution in [1.29, 1.82) is 0 Å². The summed E-state index contributed by atoms with van der Waals surface area (Å²) in [5.41, 5.74) is 0.343. The predicted molar refractivity (Wildman–Crippen MR) is 101 cm³/mol. The Labute approximate surface area is 172 Å². The summed E-state index contributed by atoms with van der Waals surface area (Å²) in [4.78, 5) is 4.58. The fourth-order valence-electron chi connectivity index (χ4n) is 2.64. The van der Waals surface area contributed by atoms with Crippen LogP contribution in [0.1, 0.15) is 5.01 Å².